The van der Waals surface area contributed by atoms with E-state index in [9.17, 15) is 31.5 Å². The van der Waals surface area contributed by atoms with Gasteiger partial charge in [0.25, 0.3) is 5.91 Å². The van der Waals surface area contributed by atoms with E-state index in [1.807, 2.05) is 0 Å². The van der Waals surface area contributed by atoms with Crippen LogP contribution < -0.4 is 5.32 Å². The van der Waals surface area contributed by atoms with Crippen molar-refractivity contribution in [2.75, 3.05) is 12.9 Å². The van der Waals surface area contributed by atoms with Gasteiger partial charge in [0.15, 0.2) is 9.84 Å². The number of carbonyl (C=O) groups excluding carboxylic acids is 1. The molecule has 1 aromatic carbocycles. The second-order valence-electron chi connectivity index (χ2n) is 5.97. The monoisotopic (exact) mass is 421 g/mol. The molecule has 0 radical (unpaired) electrons. The van der Waals surface area contributed by atoms with Gasteiger partial charge >= 0.3 is 6.43 Å². The molecule has 0 aliphatic heterocycles. The predicted octanol–water partition coefficient (Wildman–Crippen LogP) is 2.71. The van der Waals surface area contributed by atoms with Crippen LogP contribution >= 0.6 is 11.3 Å². The van der Waals surface area contributed by atoms with Gasteiger partial charge in [-0.2, -0.15) is 8.78 Å². The maximum Gasteiger partial charge on any atom is 0.315 e. The summed E-state index contributed by atoms with van der Waals surface area (Å²) in [4.78, 5) is 12.5. The van der Waals surface area contributed by atoms with E-state index in [2.05, 4.69) is 0 Å². The van der Waals surface area contributed by atoms with Crippen molar-refractivity contribution in [1.29, 1.82) is 0 Å². The van der Waals surface area contributed by atoms with E-state index in [1.165, 1.54) is 23.5 Å². The van der Waals surface area contributed by atoms with Crippen LogP contribution in [0.3, 0.4) is 0 Å². The number of rotatable bonds is 8. The minimum atomic E-state index is -3.30. The van der Waals surface area contributed by atoms with Gasteiger partial charge in [-0.15, -0.1) is 11.3 Å². The molecule has 2 atom stereocenters. The van der Waals surface area contributed by atoms with Gasteiger partial charge in [0.2, 0.25) is 0 Å². The molecule has 0 saturated carbocycles. The second kappa shape index (κ2) is 8.85. The zero-order chi connectivity index (χ0) is 20.2. The van der Waals surface area contributed by atoms with Crippen LogP contribution in [0.25, 0.3) is 10.4 Å². The van der Waals surface area contributed by atoms with E-state index < -0.39 is 41.0 Å². The summed E-state index contributed by atoms with van der Waals surface area (Å²) in [7, 11) is -3.14. The largest absolute Gasteiger partial charge is 0.386 e. The molecule has 27 heavy (non-hydrogen) atoms. The Kier molecular flexibility index (Phi) is 7.01. The molecule has 0 aliphatic rings. The summed E-state index contributed by atoms with van der Waals surface area (Å²) in [5.41, 5.74) is 1.01. The zero-order valence-corrected chi connectivity index (χ0v) is 15.9. The topological polar surface area (TPSA) is 83.5 Å². The Morgan fingerprint density at radius 2 is 1.81 bits per heavy atom. The quantitative estimate of drug-likeness (QED) is 0.687. The van der Waals surface area contributed by atoms with E-state index in [1.54, 1.807) is 29.6 Å². The number of hydrogen-bond acceptors (Lipinski definition) is 5. The number of benzene rings is 1. The summed E-state index contributed by atoms with van der Waals surface area (Å²) in [6.07, 6.45) is -3.64. The molecule has 1 heterocycles. The van der Waals surface area contributed by atoms with Gasteiger partial charge in [0.05, 0.1) is 11.8 Å². The molecule has 0 fully saturated rings. The Labute approximate surface area is 158 Å². The number of alkyl halides is 3. The van der Waals surface area contributed by atoms with E-state index in [0.29, 0.717) is 4.88 Å². The molecular weight excluding hydrogens is 403 g/mol. The minimum absolute atomic E-state index is 0.0590. The molecule has 2 N–H and O–H groups in total. The Hall–Kier alpha value is -1.91. The van der Waals surface area contributed by atoms with Crippen molar-refractivity contribution in [1.82, 2.24) is 5.32 Å². The van der Waals surface area contributed by atoms with Crippen LogP contribution in [-0.2, 0) is 20.4 Å². The Morgan fingerprint density at radius 1 is 1.19 bits per heavy atom. The van der Waals surface area contributed by atoms with Crippen LogP contribution in [-0.4, -0.2) is 44.8 Å². The first-order valence-corrected chi connectivity index (χ1v) is 10.7. The number of hydrogen-bond donors (Lipinski definition) is 2. The van der Waals surface area contributed by atoms with Crippen molar-refractivity contribution in [3.8, 4) is 10.4 Å². The van der Waals surface area contributed by atoms with Crippen molar-refractivity contribution < 1.29 is 31.5 Å². The number of aliphatic hydroxyl groups is 1. The van der Waals surface area contributed by atoms with Crippen molar-refractivity contribution in [2.45, 2.75) is 24.3 Å². The van der Waals surface area contributed by atoms with Crippen LogP contribution in [0, 0.1) is 0 Å². The fraction of sp³-hybridized carbons (Fsp3) is 0.353. The molecule has 0 bridgehead atoms. The highest BCUT2D eigenvalue weighted by molar-refractivity contribution is 7.90. The highest BCUT2D eigenvalue weighted by Crippen LogP contribution is 2.30. The predicted molar refractivity (Wildman–Crippen MR) is 97.2 cm³/mol. The maximum absolute atomic E-state index is 13.0. The molecule has 0 saturated heterocycles. The molecule has 148 valence electrons. The number of nitrogens with one attached hydrogen (secondary N) is 1. The lowest BCUT2D eigenvalue weighted by atomic mass is 10.0. The lowest BCUT2D eigenvalue weighted by molar-refractivity contribution is -0.133. The third-order valence-corrected chi connectivity index (χ3v) is 5.83. The van der Waals surface area contributed by atoms with Crippen LogP contribution in [0.2, 0.25) is 0 Å². The van der Waals surface area contributed by atoms with Gasteiger partial charge in [-0.1, -0.05) is 24.3 Å². The number of aliphatic hydroxyl groups excluding tert-OH is 1. The Morgan fingerprint density at radius 3 is 2.33 bits per heavy atom. The smallest absolute Gasteiger partial charge is 0.315 e. The van der Waals surface area contributed by atoms with Crippen molar-refractivity contribution in [3.63, 3.8) is 0 Å². The summed E-state index contributed by atoms with van der Waals surface area (Å²) < 4.78 is 60.3. The summed E-state index contributed by atoms with van der Waals surface area (Å²) in [6, 6.07) is 8.26. The normalized spacial score (nSPS) is 14.1. The van der Waals surface area contributed by atoms with Gasteiger partial charge in [0, 0.05) is 16.0 Å². The Balaban J connectivity index is 2.13. The van der Waals surface area contributed by atoms with Gasteiger partial charge in [0.1, 0.15) is 12.8 Å². The third kappa shape index (κ3) is 6.05. The first-order valence-electron chi connectivity index (χ1n) is 7.80. The molecule has 2 aromatic rings. The number of halogens is 3. The molecule has 1 amide bonds. The number of sulfone groups is 1. The molecule has 2 rings (SSSR count). The van der Waals surface area contributed by atoms with E-state index in [-0.39, 0.29) is 11.3 Å². The van der Waals surface area contributed by atoms with E-state index in [4.69, 9.17) is 0 Å². The van der Waals surface area contributed by atoms with Crippen molar-refractivity contribution in [3.05, 3.63) is 46.8 Å². The first kappa shape index (κ1) is 21.4. The lowest BCUT2D eigenvalue weighted by Gasteiger charge is -2.21. The third-order valence-electron chi connectivity index (χ3n) is 3.68. The number of thiophene rings is 1. The summed E-state index contributed by atoms with van der Waals surface area (Å²) in [5.74, 6) is -1.71. The minimum Gasteiger partial charge on any atom is -0.386 e. The maximum atomic E-state index is 13.0. The summed E-state index contributed by atoms with van der Waals surface area (Å²) in [5, 5.41) is 11.9. The summed E-state index contributed by atoms with van der Waals surface area (Å²) >= 11 is 1.31. The molecule has 0 unspecified atom stereocenters. The van der Waals surface area contributed by atoms with E-state index in [0.717, 1.165) is 16.7 Å². The van der Waals surface area contributed by atoms with Gasteiger partial charge < -0.3 is 10.4 Å². The first-order chi connectivity index (χ1) is 12.6. The van der Waals surface area contributed by atoms with Gasteiger partial charge in [-0.25, -0.2) is 12.8 Å². The number of carbonyl (C=O) groups is 1. The standard InChI is InChI=1S/C17H18F3NO4S2/c1-27(24,25)9-12-6-7-14(26-12)10-2-4-11(5-3-10)15(22)13(8-18)21-17(23)16(19)20/h2-7,13,15-16,22H,8-9H2,1H3,(H,21,23)/t13-,15-/m1/s1. The average molecular weight is 421 g/mol. The molecule has 5 nitrogen and oxygen atoms in total. The van der Waals surface area contributed by atoms with E-state index >= 15 is 0 Å². The van der Waals surface area contributed by atoms with Crippen molar-refractivity contribution in [2.24, 2.45) is 0 Å². The molecule has 1 aromatic heterocycles. The fourth-order valence-electron chi connectivity index (χ4n) is 2.39. The molecule has 10 heteroatoms. The van der Waals surface area contributed by atoms with Crippen LogP contribution in [0.15, 0.2) is 36.4 Å². The highest BCUT2D eigenvalue weighted by atomic mass is 32.2. The number of amides is 1. The zero-order valence-electron chi connectivity index (χ0n) is 14.2. The average Bonchev–Trinajstić information content (AvgIpc) is 3.05. The Bertz CT molecular complexity index is 882. The SMILES string of the molecule is CS(=O)(=O)Cc1ccc(-c2ccc([C@@H](O)[C@@H](CF)NC(=O)C(F)F)cc2)s1. The van der Waals surface area contributed by atoms with Crippen molar-refractivity contribution >= 4 is 27.1 Å². The lowest BCUT2D eigenvalue weighted by Crippen LogP contribution is -2.43. The fourth-order valence-corrected chi connectivity index (χ4v) is 4.69. The van der Waals surface area contributed by atoms with Gasteiger partial charge in [-0.3, -0.25) is 4.79 Å². The van der Waals surface area contributed by atoms with Crippen LogP contribution in [0.5, 0.6) is 0 Å². The van der Waals surface area contributed by atoms with Gasteiger partial charge in [-0.05, 0) is 23.3 Å². The molecule has 0 aliphatic carbocycles. The summed E-state index contributed by atoms with van der Waals surface area (Å²) in [6.45, 7) is -1.21. The van der Waals surface area contributed by atoms with Crippen LogP contribution in [0.1, 0.15) is 16.5 Å². The highest BCUT2D eigenvalue weighted by Gasteiger charge is 2.26. The van der Waals surface area contributed by atoms with Crippen LogP contribution in [0.4, 0.5) is 13.2 Å². The second-order valence-corrected chi connectivity index (χ2v) is 9.28. The molecule has 0 spiro atoms. The molecular formula is C17H18F3NO4S2.